The summed E-state index contributed by atoms with van der Waals surface area (Å²) in [7, 11) is 0. The van der Waals surface area contributed by atoms with Crippen LogP contribution < -0.4 is 10.2 Å². The fourth-order valence-electron chi connectivity index (χ4n) is 2.54. The molecule has 4 nitrogen and oxygen atoms in total. The number of rotatable bonds is 7. The summed E-state index contributed by atoms with van der Waals surface area (Å²) in [6.45, 7) is 6.13. The van der Waals surface area contributed by atoms with Gasteiger partial charge >= 0.3 is 0 Å². The van der Waals surface area contributed by atoms with Crippen LogP contribution in [0, 0.1) is 0 Å². The van der Waals surface area contributed by atoms with E-state index in [1.807, 2.05) is 25.1 Å². The molecule has 0 heterocycles. The van der Waals surface area contributed by atoms with Crippen LogP contribution in [0.15, 0.2) is 59.7 Å². The van der Waals surface area contributed by atoms with E-state index in [1.165, 1.54) is 5.56 Å². The summed E-state index contributed by atoms with van der Waals surface area (Å²) in [6.07, 6.45) is 0.745. The highest BCUT2D eigenvalue weighted by Crippen LogP contribution is 2.27. The Kier molecular flexibility index (Phi) is 6.59. The predicted molar refractivity (Wildman–Crippen MR) is 102 cm³/mol. The Morgan fingerprint density at radius 1 is 1.12 bits per heavy atom. The van der Waals surface area contributed by atoms with Crippen molar-refractivity contribution in [2.75, 3.05) is 6.61 Å². The minimum Gasteiger partial charge on any atom is -0.484 e. The van der Waals surface area contributed by atoms with Crippen molar-refractivity contribution in [3.63, 3.8) is 0 Å². The summed E-state index contributed by atoms with van der Waals surface area (Å²) in [6, 6.07) is 17.1. The number of nitrogens with zero attached hydrogens (tertiary/aromatic N) is 1. The van der Waals surface area contributed by atoms with Gasteiger partial charge in [0.1, 0.15) is 5.75 Å². The van der Waals surface area contributed by atoms with E-state index in [9.17, 15) is 4.79 Å². The van der Waals surface area contributed by atoms with Crippen LogP contribution in [0.3, 0.4) is 0 Å². The Morgan fingerprint density at radius 2 is 1.76 bits per heavy atom. The fraction of sp³-hybridized carbons (Fsp3) is 0.300. The van der Waals surface area contributed by atoms with E-state index in [2.05, 4.69) is 36.5 Å². The van der Waals surface area contributed by atoms with Gasteiger partial charge in [-0.2, -0.15) is 5.10 Å². The molecule has 0 spiro atoms. The second-order valence-corrected chi connectivity index (χ2v) is 6.99. The topological polar surface area (TPSA) is 50.7 Å². The summed E-state index contributed by atoms with van der Waals surface area (Å²) >= 11 is 5.80. The van der Waals surface area contributed by atoms with Crippen molar-refractivity contribution >= 4 is 23.2 Å². The van der Waals surface area contributed by atoms with Crippen LogP contribution in [-0.4, -0.2) is 18.2 Å². The van der Waals surface area contributed by atoms with E-state index in [0.29, 0.717) is 10.8 Å². The SMILES string of the molecule is C/C(CC(C)(C)c1ccccc1)=N/NC(=O)COc1ccc(Cl)cc1. The van der Waals surface area contributed by atoms with Gasteiger partial charge in [0.25, 0.3) is 5.91 Å². The first-order valence-electron chi connectivity index (χ1n) is 8.13. The van der Waals surface area contributed by atoms with Gasteiger partial charge in [-0.1, -0.05) is 55.8 Å². The normalized spacial score (nSPS) is 11.9. The van der Waals surface area contributed by atoms with E-state index < -0.39 is 0 Å². The van der Waals surface area contributed by atoms with Crippen molar-refractivity contribution in [1.82, 2.24) is 5.43 Å². The minimum absolute atomic E-state index is 0.0562. The standard InChI is InChI=1S/C20H23ClN2O2/c1-15(13-20(2,3)16-7-5-4-6-8-16)22-23-19(24)14-25-18-11-9-17(21)10-12-18/h4-12H,13-14H2,1-3H3,(H,23,24)/b22-15-. The minimum atomic E-state index is -0.299. The Hall–Kier alpha value is -2.33. The van der Waals surface area contributed by atoms with E-state index >= 15 is 0 Å². The van der Waals surface area contributed by atoms with Gasteiger partial charge in [0, 0.05) is 10.7 Å². The van der Waals surface area contributed by atoms with Crippen LogP contribution in [0.25, 0.3) is 0 Å². The van der Waals surface area contributed by atoms with Gasteiger partial charge in [-0.15, -0.1) is 0 Å². The maximum absolute atomic E-state index is 11.9. The highest BCUT2D eigenvalue weighted by molar-refractivity contribution is 6.30. The fourth-order valence-corrected chi connectivity index (χ4v) is 2.67. The first-order valence-corrected chi connectivity index (χ1v) is 8.50. The van der Waals surface area contributed by atoms with Gasteiger partial charge in [-0.3, -0.25) is 4.79 Å². The van der Waals surface area contributed by atoms with E-state index in [1.54, 1.807) is 24.3 Å². The molecule has 2 rings (SSSR count). The third-order valence-corrected chi connectivity index (χ3v) is 4.06. The molecule has 1 amide bonds. The molecule has 2 aromatic carbocycles. The average Bonchev–Trinajstić information content (AvgIpc) is 2.60. The average molecular weight is 359 g/mol. The molecule has 2 aromatic rings. The number of ether oxygens (including phenoxy) is 1. The molecular formula is C20H23ClN2O2. The molecule has 0 saturated heterocycles. The summed E-state index contributed by atoms with van der Waals surface area (Å²) < 4.78 is 5.39. The first kappa shape index (κ1) is 19.0. The quantitative estimate of drug-likeness (QED) is 0.581. The van der Waals surface area contributed by atoms with E-state index in [4.69, 9.17) is 16.3 Å². The zero-order valence-corrected chi connectivity index (χ0v) is 15.5. The number of carbonyl (C=O) groups is 1. The number of benzene rings is 2. The van der Waals surface area contributed by atoms with Crippen LogP contribution in [0.2, 0.25) is 5.02 Å². The monoisotopic (exact) mass is 358 g/mol. The third kappa shape index (κ3) is 6.24. The summed E-state index contributed by atoms with van der Waals surface area (Å²) in [5.41, 5.74) is 4.57. The lowest BCUT2D eigenvalue weighted by Gasteiger charge is -2.25. The number of hydrazone groups is 1. The number of hydrogen-bond acceptors (Lipinski definition) is 3. The molecule has 0 radical (unpaired) electrons. The smallest absolute Gasteiger partial charge is 0.277 e. The zero-order valence-electron chi connectivity index (χ0n) is 14.8. The van der Waals surface area contributed by atoms with Crippen molar-refractivity contribution in [3.8, 4) is 5.75 Å². The molecule has 0 saturated carbocycles. The molecule has 0 aliphatic heterocycles. The molecular weight excluding hydrogens is 336 g/mol. The largest absolute Gasteiger partial charge is 0.484 e. The molecule has 132 valence electrons. The van der Waals surface area contributed by atoms with E-state index in [0.717, 1.165) is 12.1 Å². The van der Waals surface area contributed by atoms with Crippen molar-refractivity contribution in [3.05, 3.63) is 65.2 Å². The third-order valence-electron chi connectivity index (χ3n) is 3.81. The van der Waals surface area contributed by atoms with Crippen molar-refractivity contribution in [1.29, 1.82) is 0 Å². The van der Waals surface area contributed by atoms with Gasteiger partial charge in [-0.05, 0) is 48.6 Å². The van der Waals surface area contributed by atoms with Crippen molar-refractivity contribution in [2.45, 2.75) is 32.6 Å². The highest BCUT2D eigenvalue weighted by atomic mass is 35.5. The summed E-state index contributed by atoms with van der Waals surface area (Å²) in [4.78, 5) is 11.9. The van der Waals surface area contributed by atoms with Crippen LogP contribution in [-0.2, 0) is 10.2 Å². The summed E-state index contributed by atoms with van der Waals surface area (Å²) in [5.74, 6) is 0.289. The molecule has 0 bridgehead atoms. The Balaban J connectivity index is 1.83. The number of carbonyl (C=O) groups excluding carboxylic acids is 1. The number of halogens is 1. The van der Waals surface area contributed by atoms with Crippen molar-refractivity contribution in [2.24, 2.45) is 5.10 Å². The molecule has 5 heteroatoms. The van der Waals surface area contributed by atoms with Gasteiger partial charge in [0.15, 0.2) is 6.61 Å². The van der Waals surface area contributed by atoms with Crippen LogP contribution in [0.4, 0.5) is 0 Å². The maximum Gasteiger partial charge on any atom is 0.277 e. The van der Waals surface area contributed by atoms with Crippen LogP contribution in [0.5, 0.6) is 5.75 Å². The molecule has 0 fully saturated rings. The lowest BCUT2D eigenvalue weighted by molar-refractivity contribution is -0.123. The zero-order chi connectivity index (χ0) is 18.3. The Labute approximate surface area is 153 Å². The number of nitrogens with one attached hydrogen (secondary N) is 1. The molecule has 0 aliphatic carbocycles. The molecule has 0 atom stereocenters. The lowest BCUT2D eigenvalue weighted by atomic mass is 9.80. The van der Waals surface area contributed by atoms with E-state index in [-0.39, 0.29) is 17.9 Å². The predicted octanol–water partition coefficient (Wildman–Crippen LogP) is 4.58. The van der Waals surface area contributed by atoms with Gasteiger partial charge in [0.2, 0.25) is 0 Å². The molecule has 0 aromatic heterocycles. The second kappa shape index (κ2) is 8.67. The van der Waals surface area contributed by atoms with Crippen LogP contribution in [0.1, 0.15) is 32.8 Å². The number of hydrogen-bond donors (Lipinski definition) is 1. The maximum atomic E-state index is 11.9. The first-order chi connectivity index (χ1) is 11.9. The number of amides is 1. The van der Waals surface area contributed by atoms with Crippen LogP contribution >= 0.6 is 11.6 Å². The Bertz CT molecular complexity index is 725. The molecule has 25 heavy (non-hydrogen) atoms. The Morgan fingerprint density at radius 3 is 2.40 bits per heavy atom. The van der Waals surface area contributed by atoms with Gasteiger partial charge < -0.3 is 4.74 Å². The van der Waals surface area contributed by atoms with Gasteiger partial charge in [0.05, 0.1) is 0 Å². The highest BCUT2D eigenvalue weighted by Gasteiger charge is 2.21. The van der Waals surface area contributed by atoms with Crippen molar-refractivity contribution < 1.29 is 9.53 Å². The second-order valence-electron chi connectivity index (χ2n) is 6.55. The molecule has 0 unspecified atom stereocenters. The lowest BCUT2D eigenvalue weighted by Crippen LogP contribution is -2.27. The molecule has 0 aliphatic rings. The van der Waals surface area contributed by atoms with Gasteiger partial charge in [-0.25, -0.2) is 5.43 Å². The summed E-state index contributed by atoms with van der Waals surface area (Å²) in [5, 5.41) is 4.80. The molecule has 1 N–H and O–H groups in total.